The van der Waals surface area contributed by atoms with Gasteiger partial charge in [-0.3, -0.25) is 4.79 Å². The number of methoxy groups -OCH3 is 1. The van der Waals surface area contributed by atoms with Gasteiger partial charge in [-0.2, -0.15) is 0 Å². The molecule has 0 saturated carbocycles. The van der Waals surface area contributed by atoms with Crippen molar-refractivity contribution < 1.29 is 9.53 Å². The molecule has 100 valence electrons. The van der Waals surface area contributed by atoms with Crippen LogP contribution in [0.3, 0.4) is 0 Å². The number of aromatic nitrogens is 1. The molecule has 5 nitrogen and oxygen atoms in total. The molecule has 1 aromatic heterocycles. The predicted molar refractivity (Wildman–Crippen MR) is 75.7 cm³/mol. The Kier molecular flexibility index (Phi) is 4.13. The van der Waals surface area contributed by atoms with E-state index in [1.165, 1.54) is 11.3 Å². The van der Waals surface area contributed by atoms with Crippen LogP contribution in [-0.4, -0.2) is 18.0 Å². The molecular formula is C13H15N3O2S. The van der Waals surface area contributed by atoms with E-state index in [4.69, 9.17) is 10.5 Å². The second-order valence-electron chi connectivity index (χ2n) is 3.99. The van der Waals surface area contributed by atoms with Crippen molar-refractivity contribution in [2.75, 3.05) is 12.4 Å². The second kappa shape index (κ2) is 5.81. The van der Waals surface area contributed by atoms with Crippen molar-refractivity contribution in [3.8, 4) is 5.75 Å². The quantitative estimate of drug-likeness (QED) is 0.898. The Morgan fingerprint density at radius 2 is 2.32 bits per heavy atom. The summed E-state index contributed by atoms with van der Waals surface area (Å²) in [5.74, 6) is 0.362. The number of nitrogens with one attached hydrogen (secondary N) is 1. The Morgan fingerprint density at radius 1 is 1.53 bits per heavy atom. The Labute approximate surface area is 115 Å². The number of amides is 1. The first-order valence-electron chi connectivity index (χ1n) is 5.74. The molecule has 0 aliphatic carbocycles. The van der Waals surface area contributed by atoms with Crippen LogP contribution in [0.1, 0.15) is 21.1 Å². The summed E-state index contributed by atoms with van der Waals surface area (Å²) in [4.78, 5) is 16.2. The van der Waals surface area contributed by atoms with Crippen LogP contribution >= 0.6 is 11.3 Å². The molecule has 1 aromatic carbocycles. The smallest absolute Gasteiger partial charge is 0.275 e. The van der Waals surface area contributed by atoms with Crippen LogP contribution < -0.4 is 15.8 Å². The molecule has 2 aromatic rings. The second-order valence-corrected chi connectivity index (χ2v) is 4.93. The fourth-order valence-electron chi connectivity index (χ4n) is 1.60. The van der Waals surface area contributed by atoms with Crippen molar-refractivity contribution in [1.29, 1.82) is 0 Å². The minimum Gasteiger partial charge on any atom is -0.495 e. The lowest BCUT2D eigenvalue weighted by atomic mass is 10.2. The largest absolute Gasteiger partial charge is 0.495 e. The van der Waals surface area contributed by atoms with Gasteiger partial charge in [0.25, 0.3) is 5.91 Å². The topological polar surface area (TPSA) is 77.2 Å². The lowest BCUT2D eigenvalue weighted by Crippen LogP contribution is -2.13. The first kappa shape index (κ1) is 13.5. The van der Waals surface area contributed by atoms with E-state index >= 15 is 0 Å². The van der Waals surface area contributed by atoms with E-state index in [-0.39, 0.29) is 5.91 Å². The minimum atomic E-state index is -0.266. The molecule has 1 amide bonds. The van der Waals surface area contributed by atoms with Crippen molar-refractivity contribution in [3.05, 3.63) is 39.8 Å². The van der Waals surface area contributed by atoms with Gasteiger partial charge < -0.3 is 15.8 Å². The van der Waals surface area contributed by atoms with Gasteiger partial charge in [-0.15, -0.1) is 11.3 Å². The lowest BCUT2D eigenvalue weighted by molar-refractivity contribution is 0.102. The number of ether oxygens (including phenoxy) is 1. The SMILES string of the molecule is COc1cc(C)ccc1NC(=O)c1csc(CN)n1. The Bertz CT molecular complexity index is 595. The van der Waals surface area contributed by atoms with Gasteiger partial charge in [0.05, 0.1) is 12.8 Å². The summed E-state index contributed by atoms with van der Waals surface area (Å²) in [5.41, 5.74) is 7.53. The average Bonchev–Trinajstić information content (AvgIpc) is 2.89. The number of nitrogens with zero attached hydrogens (tertiary/aromatic N) is 1. The lowest BCUT2D eigenvalue weighted by Gasteiger charge is -2.09. The maximum absolute atomic E-state index is 12.0. The number of benzene rings is 1. The maximum atomic E-state index is 12.0. The normalized spacial score (nSPS) is 10.3. The summed E-state index contributed by atoms with van der Waals surface area (Å²) < 4.78 is 5.24. The van der Waals surface area contributed by atoms with Gasteiger partial charge in [0.15, 0.2) is 0 Å². The highest BCUT2D eigenvalue weighted by Crippen LogP contribution is 2.25. The highest BCUT2D eigenvalue weighted by molar-refractivity contribution is 7.09. The predicted octanol–water partition coefficient (Wildman–Crippen LogP) is 2.17. The van der Waals surface area contributed by atoms with E-state index in [2.05, 4.69) is 10.3 Å². The van der Waals surface area contributed by atoms with Gasteiger partial charge in [0.2, 0.25) is 0 Å². The zero-order valence-electron chi connectivity index (χ0n) is 10.8. The fourth-order valence-corrected chi connectivity index (χ4v) is 2.25. The molecule has 1 heterocycles. The van der Waals surface area contributed by atoms with Crippen LogP contribution in [0.4, 0.5) is 5.69 Å². The maximum Gasteiger partial charge on any atom is 0.275 e. The molecule has 0 aliphatic heterocycles. The number of hydrogen-bond acceptors (Lipinski definition) is 5. The van der Waals surface area contributed by atoms with Crippen LogP contribution in [0, 0.1) is 6.92 Å². The summed E-state index contributed by atoms with van der Waals surface area (Å²) >= 11 is 1.37. The van der Waals surface area contributed by atoms with E-state index in [0.29, 0.717) is 23.7 Å². The monoisotopic (exact) mass is 277 g/mol. The number of hydrogen-bond donors (Lipinski definition) is 2. The Balaban J connectivity index is 2.18. The number of nitrogens with two attached hydrogens (primary N) is 1. The fraction of sp³-hybridized carbons (Fsp3) is 0.231. The molecule has 0 atom stereocenters. The average molecular weight is 277 g/mol. The van der Waals surface area contributed by atoms with Crippen LogP contribution in [0.25, 0.3) is 0 Å². The third kappa shape index (κ3) is 3.10. The molecule has 3 N–H and O–H groups in total. The molecule has 0 saturated heterocycles. The molecule has 0 bridgehead atoms. The van der Waals surface area contributed by atoms with E-state index in [1.807, 2.05) is 25.1 Å². The number of carbonyl (C=O) groups excluding carboxylic acids is 1. The van der Waals surface area contributed by atoms with Crippen LogP contribution in [0.2, 0.25) is 0 Å². The van der Waals surface area contributed by atoms with Gasteiger partial charge in [-0.1, -0.05) is 6.07 Å². The van der Waals surface area contributed by atoms with Crippen LogP contribution in [0.5, 0.6) is 5.75 Å². The van der Waals surface area contributed by atoms with Gasteiger partial charge in [0.1, 0.15) is 16.5 Å². The van der Waals surface area contributed by atoms with Crippen molar-refractivity contribution >= 4 is 22.9 Å². The number of aryl methyl sites for hydroxylation is 1. The zero-order chi connectivity index (χ0) is 13.8. The highest BCUT2D eigenvalue weighted by Gasteiger charge is 2.12. The number of anilines is 1. The van der Waals surface area contributed by atoms with Gasteiger partial charge in [0, 0.05) is 11.9 Å². The summed E-state index contributed by atoms with van der Waals surface area (Å²) in [5, 5.41) is 5.21. The molecule has 0 aliphatic rings. The summed E-state index contributed by atoms with van der Waals surface area (Å²) in [6, 6.07) is 5.58. The molecule has 0 radical (unpaired) electrons. The molecule has 2 rings (SSSR count). The highest BCUT2D eigenvalue weighted by atomic mass is 32.1. The molecule has 19 heavy (non-hydrogen) atoms. The summed E-state index contributed by atoms with van der Waals surface area (Å²) in [6.07, 6.45) is 0. The molecular weight excluding hydrogens is 262 g/mol. The first-order valence-corrected chi connectivity index (χ1v) is 6.62. The Morgan fingerprint density at radius 3 is 2.95 bits per heavy atom. The van der Waals surface area contributed by atoms with Gasteiger partial charge in [-0.25, -0.2) is 4.98 Å². The van der Waals surface area contributed by atoms with Gasteiger partial charge >= 0.3 is 0 Å². The van der Waals surface area contributed by atoms with E-state index in [1.54, 1.807) is 12.5 Å². The third-order valence-electron chi connectivity index (χ3n) is 2.56. The van der Waals surface area contributed by atoms with Crippen LogP contribution in [0.15, 0.2) is 23.6 Å². The molecule has 6 heteroatoms. The zero-order valence-corrected chi connectivity index (χ0v) is 11.6. The summed E-state index contributed by atoms with van der Waals surface area (Å²) in [7, 11) is 1.57. The minimum absolute atomic E-state index is 0.266. The van der Waals surface area contributed by atoms with Crippen molar-refractivity contribution in [1.82, 2.24) is 4.98 Å². The van der Waals surface area contributed by atoms with Gasteiger partial charge in [-0.05, 0) is 24.6 Å². The van der Waals surface area contributed by atoms with Crippen molar-refractivity contribution in [2.24, 2.45) is 5.73 Å². The summed E-state index contributed by atoms with van der Waals surface area (Å²) in [6.45, 7) is 2.30. The first-order chi connectivity index (χ1) is 9.13. The van der Waals surface area contributed by atoms with Crippen molar-refractivity contribution in [2.45, 2.75) is 13.5 Å². The van der Waals surface area contributed by atoms with E-state index in [9.17, 15) is 4.79 Å². The number of rotatable bonds is 4. The number of thiazole rings is 1. The van der Waals surface area contributed by atoms with Crippen LogP contribution in [-0.2, 0) is 6.54 Å². The van der Waals surface area contributed by atoms with E-state index in [0.717, 1.165) is 10.6 Å². The standard InChI is InChI=1S/C13H15N3O2S/c1-8-3-4-9(11(5-8)18-2)16-13(17)10-7-19-12(6-14)15-10/h3-5,7H,6,14H2,1-2H3,(H,16,17). The van der Waals surface area contributed by atoms with Crippen molar-refractivity contribution in [3.63, 3.8) is 0 Å². The Hall–Kier alpha value is -1.92. The molecule has 0 spiro atoms. The molecule has 0 fully saturated rings. The molecule has 0 unspecified atom stereocenters. The third-order valence-corrected chi connectivity index (χ3v) is 3.44. The number of carbonyl (C=O) groups is 1. The van der Waals surface area contributed by atoms with E-state index < -0.39 is 0 Å².